The summed E-state index contributed by atoms with van der Waals surface area (Å²) in [6.07, 6.45) is 0. The fourth-order valence-corrected chi connectivity index (χ4v) is 2.38. The maximum Gasteiger partial charge on any atom is 0.331 e. The zero-order chi connectivity index (χ0) is 15.6. The van der Waals surface area contributed by atoms with Crippen LogP contribution in [0, 0.1) is 0 Å². The number of hydrogen-bond acceptors (Lipinski definition) is 4. The molecule has 0 aliphatic carbocycles. The van der Waals surface area contributed by atoms with Gasteiger partial charge in [-0.05, 0) is 17.7 Å². The summed E-state index contributed by atoms with van der Waals surface area (Å²) in [7, 11) is 1.39. The van der Waals surface area contributed by atoms with Crippen LogP contribution in [-0.2, 0) is 14.4 Å². The highest BCUT2D eigenvalue weighted by Crippen LogP contribution is 2.25. The number of halogens is 1. The summed E-state index contributed by atoms with van der Waals surface area (Å²) in [4.78, 5) is 48.1. The molecule has 0 aromatic heterocycles. The molecule has 1 atom stereocenters. The molecule has 8 heteroatoms. The standard InChI is InChI=1S/C13H12BrN3O4/c1-15-9(18)6-17-12(20)10(11(19)16-13(17)21)7-3-2-4-8(14)5-7/h2-5,10H,6H2,1H3,(H,15,18)(H,16,19,21). The van der Waals surface area contributed by atoms with Crippen molar-refractivity contribution in [2.45, 2.75) is 5.92 Å². The number of hydrogen-bond donors (Lipinski definition) is 2. The molecule has 1 saturated heterocycles. The van der Waals surface area contributed by atoms with Gasteiger partial charge in [-0.2, -0.15) is 0 Å². The maximum atomic E-state index is 12.4. The molecule has 1 aromatic rings. The molecule has 0 spiro atoms. The van der Waals surface area contributed by atoms with E-state index < -0.39 is 36.2 Å². The number of carbonyl (C=O) groups is 4. The predicted molar refractivity (Wildman–Crippen MR) is 76.2 cm³/mol. The van der Waals surface area contributed by atoms with Gasteiger partial charge in [0.2, 0.25) is 17.7 Å². The summed E-state index contributed by atoms with van der Waals surface area (Å²) in [5.74, 6) is -3.06. The average Bonchev–Trinajstić information content (AvgIpc) is 2.43. The number of likely N-dealkylation sites (N-methyl/N-ethyl adjacent to an activating group) is 1. The molecule has 21 heavy (non-hydrogen) atoms. The second-order valence-corrected chi connectivity index (χ2v) is 5.30. The van der Waals surface area contributed by atoms with E-state index >= 15 is 0 Å². The van der Waals surface area contributed by atoms with Crippen LogP contribution in [-0.4, -0.2) is 42.2 Å². The van der Waals surface area contributed by atoms with Crippen molar-refractivity contribution in [1.82, 2.24) is 15.5 Å². The van der Waals surface area contributed by atoms with Gasteiger partial charge in [-0.15, -0.1) is 0 Å². The van der Waals surface area contributed by atoms with Crippen LogP contribution in [0.3, 0.4) is 0 Å². The van der Waals surface area contributed by atoms with Gasteiger partial charge < -0.3 is 5.32 Å². The van der Waals surface area contributed by atoms with Gasteiger partial charge in [0.15, 0.2) is 0 Å². The third-order valence-corrected chi connectivity index (χ3v) is 3.51. The van der Waals surface area contributed by atoms with E-state index in [1.54, 1.807) is 24.3 Å². The first-order valence-corrected chi connectivity index (χ1v) is 6.85. The summed E-state index contributed by atoms with van der Waals surface area (Å²) in [6.45, 7) is -0.432. The fourth-order valence-electron chi connectivity index (χ4n) is 1.97. The lowest BCUT2D eigenvalue weighted by Crippen LogP contribution is -2.58. The quantitative estimate of drug-likeness (QED) is 0.766. The Balaban J connectivity index is 2.33. The third-order valence-electron chi connectivity index (χ3n) is 3.01. The van der Waals surface area contributed by atoms with E-state index in [0.717, 1.165) is 4.90 Å². The van der Waals surface area contributed by atoms with Gasteiger partial charge in [-0.3, -0.25) is 24.6 Å². The van der Waals surface area contributed by atoms with Gasteiger partial charge >= 0.3 is 6.03 Å². The lowest BCUT2D eigenvalue weighted by atomic mass is 9.95. The first-order valence-electron chi connectivity index (χ1n) is 6.06. The zero-order valence-corrected chi connectivity index (χ0v) is 12.6. The van der Waals surface area contributed by atoms with Crippen molar-refractivity contribution in [2.24, 2.45) is 0 Å². The van der Waals surface area contributed by atoms with Crippen molar-refractivity contribution in [3.8, 4) is 0 Å². The number of imide groups is 2. The topological polar surface area (TPSA) is 95.6 Å². The second-order valence-electron chi connectivity index (χ2n) is 4.38. The van der Waals surface area contributed by atoms with Gasteiger partial charge in [-0.1, -0.05) is 28.1 Å². The largest absolute Gasteiger partial charge is 0.358 e. The first-order chi connectivity index (χ1) is 9.93. The maximum absolute atomic E-state index is 12.4. The summed E-state index contributed by atoms with van der Waals surface area (Å²) in [5, 5.41) is 4.41. The molecule has 7 nitrogen and oxygen atoms in total. The van der Waals surface area contributed by atoms with Crippen molar-refractivity contribution < 1.29 is 19.2 Å². The Hall–Kier alpha value is -2.22. The molecule has 5 amide bonds. The van der Waals surface area contributed by atoms with Gasteiger partial charge in [0, 0.05) is 11.5 Å². The molecule has 1 aliphatic heterocycles. The number of barbiturate groups is 1. The number of nitrogens with zero attached hydrogens (tertiary/aromatic N) is 1. The molecular weight excluding hydrogens is 342 g/mol. The van der Waals surface area contributed by atoms with Crippen LogP contribution in [0.25, 0.3) is 0 Å². The molecule has 0 saturated carbocycles. The number of urea groups is 1. The Morgan fingerprint density at radius 2 is 2.10 bits per heavy atom. The lowest BCUT2D eigenvalue weighted by Gasteiger charge is -2.29. The number of amides is 5. The Labute approximate surface area is 128 Å². The van der Waals surface area contributed by atoms with Crippen LogP contribution in [0.15, 0.2) is 28.7 Å². The van der Waals surface area contributed by atoms with Crippen LogP contribution < -0.4 is 10.6 Å². The molecule has 1 heterocycles. The SMILES string of the molecule is CNC(=O)CN1C(=O)NC(=O)C(c2cccc(Br)c2)C1=O. The highest BCUT2D eigenvalue weighted by atomic mass is 79.9. The van der Waals surface area contributed by atoms with E-state index in [2.05, 4.69) is 26.6 Å². The molecular formula is C13H12BrN3O4. The Kier molecular flexibility index (Phi) is 4.37. The average molecular weight is 354 g/mol. The van der Waals surface area contributed by atoms with Crippen LogP contribution in [0.1, 0.15) is 11.5 Å². The molecule has 0 bridgehead atoms. The van der Waals surface area contributed by atoms with E-state index in [9.17, 15) is 19.2 Å². The second kappa shape index (κ2) is 6.04. The Bertz CT molecular complexity index is 632. The van der Waals surface area contributed by atoms with Crippen molar-refractivity contribution in [1.29, 1.82) is 0 Å². The smallest absolute Gasteiger partial charge is 0.331 e. The number of benzene rings is 1. The van der Waals surface area contributed by atoms with E-state index in [0.29, 0.717) is 10.0 Å². The van der Waals surface area contributed by atoms with Gasteiger partial charge in [0.1, 0.15) is 12.5 Å². The van der Waals surface area contributed by atoms with Gasteiger partial charge in [-0.25, -0.2) is 4.79 Å². The van der Waals surface area contributed by atoms with E-state index in [4.69, 9.17) is 0 Å². The molecule has 2 N–H and O–H groups in total. The molecule has 110 valence electrons. The minimum absolute atomic E-state index is 0.432. The zero-order valence-electron chi connectivity index (χ0n) is 11.1. The van der Waals surface area contributed by atoms with Crippen molar-refractivity contribution in [3.63, 3.8) is 0 Å². The van der Waals surface area contributed by atoms with Crippen LogP contribution in [0.5, 0.6) is 0 Å². The van der Waals surface area contributed by atoms with Crippen LogP contribution in [0.4, 0.5) is 4.79 Å². The number of nitrogens with one attached hydrogen (secondary N) is 2. The summed E-state index contributed by atoms with van der Waals surface area (Å²) < 4.78 is 0.704. The summed E-state index contributed by atoms with van der Waals surface area (Å²) in [5.41, 5.74) is 0.446. The van der Waals surface area contributed by atoms with E-state index in [-0.39, 0.29) is 0 Å². The molecule has 1 aromatic carbocycles. The van der Waals surface area contributed by atoms with Gasteiger partial charge in [0.05, 0.1) is 0 Å². The minimum Gasteiger partial charge on any atom is -0.358 e. The summed E-state index contributed by atoms with van der Waals surface area (Å²) in [6, 6.07) is 5.78. The van der Waals surface area contributed by atoms with Crippen LogP contribution in [0.2, 0.25) is 0 Å². The van der Waals surface area contributed by atoms with E-state index in [1.165, 1.54) is 7.05 Å². The number of carbonyl (C=O) groups excluding carboxylic acids is 4. The molecule has 1 fully saturated rings. The van der Waals surface area contributed by atoms with Crippen LogP contribution >= 0.6 is 15.9 Å². The predicted octanol–water partition coefficient (Wildman–Crippen LogP) is 0.357. The molecule has 2 rings (SSSR count). The fraction of sp³-hybridized carbons (Fsp3) is 0.231. The lowest BCUT2D eigenvalue weighted by molar-refractivity contribution is -0.141. The highest BCUT2D eigenvalue weighted by Gasteiger charge is 2.41. The minimum atomic E-state index is -1.15. The molecule has 1 unspecified atom stereocenters. The first kappa shape index (κ1) is 15.2. The monoisotopic (exact) mass is 353 g/mol. The Morgan fingerprint density at radius 1 is 1.38 bits per heavy atom. The van der Waals surface area contributed by atoms with Crippen molar-refractivity contribution in [3.05, 3.63) is 34.3 Å². The van der Waals surface area contributed by atoms with Gasteiger partial charge in [0.25, 0.3) is 0 Å². The third kappa shape index (κ3) is 3.10. The molecule has 1 aliphatic rings. The van der Waals surface area contributed by atoms with Crippen molar-refractivity contribution in [2.75, 3.05) is 13.6 Å². The highest BCUT2D eigenvalue weighted by molar-refractivity contribution is 9.10. The molecule has 0 radical (unpaired) electrons. The normalized spacial score (nSPS) is 18.5. The van der Waals surface area contributed by atoms with E-state index in [1.807, 2.05) is 0 Å². The summed E-state index contributed by atoms with van der Waals surface area (Å²) >= 11 is 3.26. The van der Waals surface area contributed by atoms with Crippen molar-refractivity contribution >= 4 is 39.7 Å². The Morgan fingerprint density at radius 3 is 2.71 bits per heavy atom. The number of rotatable bonds is 3.